The smallest absolute Gasteiger partial charge is 0.224 e. The van der Waals surface area contributed by atoms with E-state index in [0.717, 1.165) is 19.0 Å². The van der Waals surface area contributed by atoms with Gasteiger partial charge in [0, 0.05) is 18.5 Å². The van der Waals surface area contributed by atoms with Crippen molar-refractivity contribution < 1.29 is 0 Å². The minimum absolute atomic E-state index is 0.288. The Morgan fingerprint density at radius 1 is 1.18 bits per heavy atom. The molecule has 0 unspecified atom stereocenters. The summed E-state index contributed by atoms with van der Waals surface area (Å²) in [6.45, 7) is 8.40. The molecule has 1 aliphatic rings. The SMILES string of the molecule is CCNc1nnc(C2(CC)CCCC2)n1CC. The molecule has 17 heavy (non-hydrogen) atoms. The number of rotatable bonds is 5. The molecule has 0 aromatic carbocycles. The average Bonchev–Trinajstić information content (AvgIpc) is 2.96. The zero-order valence-corrected chi connectivity index (χ0v) is 11.3. The molecule has 0 spiro atoms. The van der Waals surface area contributed by atoms with Gasteiger partial charge in [0.15, 0.2) is 0 Å². The lowest BCUT2D eigenvalue weighted by atomic mass is 9.82. The van der Waals surface area contributed by atoms with Crippen LogP contribution < -0.4 is 5.32 Å². The number of anilines is 1. The minimum atomic E-state index is 0.288. The molecule has 1 aromatic rings. The van der Waals surface area contributed by atoms with E-state index in [-0.39, 0.29) is 5.41 Å². The van der Waals surface area contributed by atoms with Crippen LogP contribution >= 0.6 is 0 Å². The summed E-state index contributed by atoms with van der Waals surface area (Å²) in [7, 11) is 0. The van der Waals surface area contributed by atoms with Gasteiger partial charge in [0.2, 0.25) is 5.95 Å². The second-order valence-electron chi connectivity index (χ2n) is 4.96. The molecule has 0 aliphatic heterocycles. The zero-order valence-electron chi connectivity index (χ0n) is 11.3. The highest BCUT2D eigenvalue weighted by atomic mass is 15.4. The fourth-order valence-electron chi connectivity index (χ4n) is 3.07. The highest BCUT2D eigenvalue weighted by Crippen LogP contribution is 2.43. The van der Waals surface area contributed by atoms with Crippen LogP contribution in [0.15, 0.2) is 0 Å². The third-order valence-corrected chi connectivity index (χ3v) is 4.11. The number of hydrogen-bond donors (Lipinski definition) is 1. The van der Waals surface area contributed by atoms with E-state index in [1.165, 1.54) is 37.9 Å². The molecule has 1 aromatic heterocycles. The Balaban J connectivity index is 2.36. The van der Waals surface area contributed by atoms with Crippen molar-refractivity contribution in [3.05, 3.63) is 5.82 Å². The van der Waals surface area contributed by atoms with Crippen LogP contribution in [0.3, 0.4) is 0 Å². The van der Waals surface area contributed by atoms with Gasteiger partial charge in [0.25, 0.3) is 0 Å². The van der Waals surface area contributed by atoms with Crippen LogP contribution in [0, 0.1) is 0 Å². The molecule has 1 fully saturated rings. The van der Waals surface area contributed by atoms with Gasteiger partial charge in [-0.3, -0.25) is 4.57 Å². The first-order valence-electron chi connectivity index (χ1n) is 6.95. The number of nitrogens with one attached hydrogen (secondary N) is 1. The summed E-state index contributed by atoms with van der Waals surface area (Å²) in [6, 6.07) is 0. The maximum absolute atomic E-state index is 4.48. The standard InChI is InChI=1S/C13H24N4/c1-4-13(9-7-8-10-13)11-15-16-12(14-5-2)17(11)6-3/h4-10H2,1-3H3,(H,14,16). The Morgan fingerprint density at radius 3 is 2.41 bits per heavy atom. The molecule has 0 atom stereocenters. The number of hydrogen-bond acceptors (Lipinski definition) is 3. The topological polar surface area (TPSA) is 42.7 Å². The first-order valence-corrected chi connectivity index (χ1v) is 6.95. The molecule has 0 amide bonds. The molecule has 4 heteroatoms. The average molecular weight is 236 g/mol. The maximum atomic E-state index is 4.48. The largest absolute Gasteiger partial charge is 0.355 e. The summed E-state index contributed by atoms with van der Waals surface area (Å²) >= 11 is 0. The van der Waals surface area contributed by atoms with Gasteiger partial charge in [-0.25, -0.2) is 0 Å². The lowest BCUT2D eigenvalue weighted by Gasteiger charge is -2.26. The van der Waals surface area contributed by atoms with Crippen molar-refractivity contribution in [1.82, 2.24) is 14.8 Å². The van der Waals surface area contributed by atoms with Crippen molar-refractivity contribution >= 4 is 5.95 Å². The van der Waals surface area contributed by atoms with Gasteiger partial charge in [-0.05, 0) is 33.1 Å². The van der Waals surface area contributed by atoms with Gasteiger partial charge in [-0.2, -0.15) is 0 Å². The van der Waals surface area contributed by atoms with Crippen LogP contribution in [-0.4, -0.2) is 21.3 Å². The summed E-state index contributed by atoms with van der Waals surface area (Å²) in [6.07, 6.45) is 6.39. The van der Waals surface area contributed by atoms with Crippen molar-refractivity contribution in [3.8, 4) is 0 Å². The summed E-state index contributed by atoms with van der Waals surface area (Å²) in [5, 5.41) is 12.1. The van der Waals surface area contributed by atoms with E-state index < -0.39 is 0 Å². The maximum Gasteiger partial charge on any atom is 0.224 e. The van der Waals surface area contributed by atoms with E-state index in [9.17, 15) is 0 Å². The van der Waals surface area contributed by atoms with Crippen molar-refractivity contribution in [2.24, 2.45) is 0 Å². The lowest BCUT2D eigenvalue weighted by molar-refractivity contribution is 0.380. The van der Waals surface area contributed by atoms with E-state index in [2.05, 4.69) is 40.9 Å². The summed E-state index contributed by atoms with van der Waals surface area (Å²) in [4.78, 5) is 0. The molecule has 0 radical (unpaired) electrons. The first-order chi connectivity index (χ1) is 8.27. The van der Waals surface area contributed by atoms with Gasteiger partial charge in [0.05, 0.1) is 0 Å². The fourth-order valence-corrected chi connectivity index (χ4v) is 3.07. The Hall–Kier alpha value is -1.06. The van der Waals surface area contributed by atoms with E-state index in [0.29, 0.717) is 0 Å². The molecule has 0 saturated heterocycles. The molecule has 2 rings (SSSR count). The second kappa shape index (κ2) is 5.07. The summed E-state index contributed by atoms with van der Waals surface area (Å²) in [5.41, 5.74) is 0.288. The van der Waals surface area contributed by atoms with E-state index in [4.69, 9.17) is 0 Å². The molecule has 1 saturated carbocycles. The lowest BCUT2D eigenvalue weighted by Crippen LogP contribution is -2.26. The molecular weight excluding hydrogens is 212 g/mol. The monoisotopic (exact) mass is 236 g/mol. The van der Waals surface area contributed by atoms with E-state index >= 15 is 0 Å². The molecule has 1 N–H and O–H groups in total. The molecule has 4 nitrogen and oxygen atoms in total. The van der Waals surface area contributed by atoms with Crippen LogP contribution in [0.25, 0.3) is 0 Å². The summed E-state index contributed by atoms with van der Waals surface area (Å²) in [5.74, 6) is 2.14. The number of nitrogens with zero attached hydrogens (tertiary/aromatic N) is 3. The second-order valence-corrected chi connectivity index (χ2v) is 4.96. The van der Waals surface area contributed by atoms with E-state index in [1.54, 1.807) is 0 Å². The van der Waals surface area contributed by atoms with Gasteiger partial charge >= 0.3 is 0 Å². The third kappa shape index (κ3) is 2.05. The van der Waals surface area contributed by atoms with Crippen LogP contribution in [0.5, 0.6) is 0 Å². The van der Waals surface area contributed by atoms with Gasteiger partial charge < -0.3 is 5.32 Å². The highest BCUT2D eigenvalue weighted by molar-refractivity contribution is 5.28. The highest BCUT2D eigenvalue weighted by Gasteiger charge is 2.38. The summed E-state index contributed by atoms with van der Waals surface area (Å²) < 4.78 is 2.26. The van der Waals surface area contributed by atoms with E-state index in [1.807, 2.05) is 0 Å². The van der Waals surface area contributed by atoms with Crippen LogP contribution in [-0.2, 0) is 12.0 Å². The third-order valence-electron chi connectivity index (χ3n) is 4.11. The fraction of sp³-hybridized carbons (Fsp3) is 0.846. The molecule has 0 bridgehead atoms. The van der Waals surface area contributed by atoms with Crippen molar-refractivity contribution in [2.75, 3.05) is 11.9 Å². The Bertz CT molecular complexity index is 363. The first kappa shape index (κ1) is 12.4. The quantitative estimate of drug-likeness (QED) is 0.854. The van der Waals surface area contributed by atoms with Crippen molar-refractivity contribution in [3.63, 3.8) is 0 Å². The molecular formula is C13H24N4. The van der Waals surface area contributed by atoms with Crippen molar-refractivity contribution in [1.29, 1.82) is 0 Å². The van der Waals surface area contributed by atoms with Crippen LogP contribution in [0.2, 0.25) is 0 Å². The van der Waals surface area contributed by atoms with Gasteiger partial charge in [-0.15, -0.1) is 10.2 Å². The predicted octanol–water partition coefficient (Wildman–Crippen LogP) is 2.95. The minimum Gasteiger partial charge on any atom is -0.355 e. The van der Waals surface area contributed by atoms with Crippen LogP contribution in [0.1, 0.15) is 58.7 Å². The molecule has 1 aliphatic carbocycles. The van der Waals surface area contributed by atoms with Crippen LogP contribution in [0.4, 0.5) is 5.95 Å². The van der Waals surface area contributed by atoms with Gasteiger partial charge in [-0.1, -0.05) is 19.8 Å². The predicted molar refractivity (Wildman–Crippen MR) is 70.3 cm³/mol. The zero-order chi connectivity index (χ0) is 12.3. The molecule has 96 valence electrons. The molecule has 1 heterocycles. The number of aromatic nitrogens is 3. The Kier molecular flexibility index (Phi) is 3.69. The van der Waals surface area contributed by atoms with Gasteiger partial charge in [0.1, 0.15) is 5.82 Å². The van der Waals surface area contributed by atoms with Crippen molar-refractivity contribution in [2.45, 2.75) is 64.8 Å². The Labute approximate surface area is 104 Å². The Morgan fingerprint density at radius 2 is 1.88 bits per heavy atom. The normalized spacial score (nSPS) is 18.5.